The van der Waals surface area contributed by atoms with E-state index in [0.717, 1.165) is 4.90 Å². The van der Waals surface area contributed by atoms with Crippen molar-refractivity contribution in [3.05, 3.63) is 0 Å². The molecular weight excluding hydrogens is 242 g/mol. The maximum Gasteiger partial charge on any atom is 0.328 e. The molecule has 0 spiro atoms. The topological polar surface area (TPSA) is 107 Å². The first kappa shape index (κ1) is 14.9. The zero-order valence-electron chi connectivity index (χ0n) is 10.6. The number of likely N-dealkylation sites (tertiary alicyclic amines) is 1. The van der Waals surface area contributed by atoms with E-state index in [9.17, 15) is 24.9 Å². The molecule has 4 atom stereocenters. The summed E-state index contributed by atoms with van der Waals surface area (Å²) < 4.78 is 4.61. The minimum Gasteiger partial charge on any atom is -0.467 e. The smallest absolute Gasteiger partial charge is 0.328 e. The van der Waals surface area contributed by atoms with Crippen molar-refractivity contribution in [2.45, 2.75) is 38.2 Å². The number of hydrogen-bond donors (Lipinski definition) is 3. The van der Waals surface area contributed by atoms with Gasteiger partial charge in [-0.1, -0.05) is 13.8 Å². The molecule has 1 amide bonds. The van der Waals surface area contributed by atoms with Gasteiger partial charge in [-0.2, -0.15) is 0 Å². The predicted molar refractivity (Wildman–Crippen MR) is 60.4 cm³/mol. The average molecular weight is 261 g/mol. The maximum absolute atomic E-state index is 11.8. The second-order valence-corrected chi connectivity index (χ2v) is 4.71. The summed E-state index contributed by atoms with van der Waals surface area (Å²) in [5.74, 6) is -1.64. The Morgan fingerprint density at radius 2 is 1.94 bits per heavy atom. The third-order valence-electron chi connectivity index (χ3n) is 3.05. The lowest BCUT2D eigenvalue weighted by Gasteiger charge is -2.40. The van der Waals surface area contributed by atoms with E-state index in [1.807, 2.05) is 0 Å². The third-order valence-corrected chi connectivity index (χ3v) is 3.05. The molecule has 0 unspecified atom stereocenters. The zero-order chi connectivity index (χ0) is 14.0. The molecule has 7 heteroatoms. The zero-order valence-corrected chi connectivity index (χ0v) is 10.6. The van der Waals surface area contributed by atoms with Gasteiger partial charge in [0.25, 0.3) is 5.91 Å². The monoisotopic (exact) mass is 261 g/mol. The fraction of sp³-hybridized carbons (Fsp3) is 0.818. The summed E-state index contributed by atoms with van der Waals surface area (Å²) in [6, 6.07) is -0.890. The summed E-state index contributed by atoms with van der Waals surface area (Å²) in [4.78, 5) is 24.5. The van der Waals surface area contributed by atoms with Gasteiger partial charge in [-0.3, -0.25) is 4.79 Å². The molecule has 0 aromatic carbocycles. The molecule has 3 N–H and O–H groups in total. The van der Waals surface area contributed by atoms with Crippen LogP contribution in [-0.4, -0.2) is 70.1 Å². The Kier molecular flexibility index (Phi) is 4.66. The first-order valence-electron chi connectivity index (χ1n) is 5.73. The summed E-state index contributed by atoms with van der Waals surface area (Å²) in [5.41, 5.74) is 0. The lowest BCUT2D eigenvalue weighted by atomic mass is 9.95. The van der Waals surface area contributed by atoms with Gasteiger partial charge in [0.2, 0.25) is 0 Å². The number of nitrogens with zero attached hydrogens (tertiary/aromatic N) is 1. The molecule has 1 rings (SSSR count). The summed E-state index contributed by atoms with van der Waals surface area (Å²) in [6.45, 7) is 3.23. The van der Waals surface area contributed by atoms with E-state index in [1.165, 1.54) is 7.11 Å². The van der Waals surface area contributed by atoms with E-state index in [0.29, 0.717) is 0 Å². The molecule has 1 heterocycles. The van der Waals surface area contributed by atoms with Crippen molar-refractivity contribution in [2.75, 3.05) is 13.7 Å². The van der Waals surface area contributed by atoms with Gasteiger partial charge in [-0.05, 0) is 5.92 Å². The Labute approximate surface area is 105 Å². The number of rotatable bonds is 3. The predicted octanol–water partition coefficient (Wildman–Crippen LogP) is -1.89. The summed E-state index contributed by atoms with van der Waals surface area (Å²) in [6.07, 6.45) is -4.54. The fourth-order valence-electron chi connectivity index (χ4n) is 2.06. The molecule has 0 radical (unpaired) electrons. The van der Waals surface area contributed by atoms with Crippen molar-refractivity contribution in [1.82, 2.24) is 4.90 Å². The quantitative estimate of drug-likeness (QED) is 0.513. The normalized spacial score (nSPS) is 30.5. The van der Waals surface area contributed by atoms with Crippen LogP contribution in [0.5, 0.6) is 0 Å². The molecule has 0 aliphatic carbocycles. The first-order chi connectivity index (χ1) is 8.31. The molecule has 1 aliphatic rings. The number of ether oxygens (including phenoxy) is 1. The molecular formula is C11H19NO6. The lowest BCUT2D eigenvalue weighted by Crippen LogP contribution is -2.63. The number of β-amino-alcohol motifs (C(OH)–C–C–N with tert-alkyl or cyclic N) is 1. The van der Waals surface area contributed by atoms with E-state index in [1.54, 1.807) is 13.8 Å². The van der Waals surface area contributed by atoms with Crippen molar-refractivity contribution in [3.63, 3.8) is 0 Å². The highest BCUT2D eigenvalue weighted by Crippen LogP contribution is 2.21. The average Bonchev–Trinajstić information content (AvgIpc) is 2.32. The highest BCUT2D eigenvalue weighted by atomic mass is 16.5. The maximum atomic E-state index is 11.8. The number of methoxy groups -OCH3 is 1. The molecule has 1 aliphatic heterocycles. The number of aliphatic hydroxyl groups is 3. The molecule has 0 saturated carbocycles. The number of carbonyl (C=O) groups excluding carboxylic acids is 2. The van der Waals surface area contributed by atoms with E-state index in [2.05, 4.69) is 4.74 Å². The van der Waals surface area contributed by atoms with E-state index in [-0.39, 0.29) is 12.5 Å². The van der Waals surface area contributed by atoms with Gasteiger partial charge in [-0.15, -0.1) is 0 Å². The second-order valence-electron chi connectivity index (χ2n) is 4.71. The molecule has 0 aromatic heterocycles. The fourth-order valence-corrected chi connectivity index (χ4v) is 2.06. The van der Waals surface area contributed by atoms with Crippen LogP contribution in [-0.2, 0) is 14.3 Å². The van der Waals surface area contributed by atoms with Gasteiger partial charge in [0, 0.05) is 0 Å². The van der Waals surface area contributed by atoms with Crippen molar-refractivity contribution < 1.29 is 29.6 Å². The first-order valence-corrected chi connectivity index (χ1v) is 5.73. The number of carbonyl (C=O) groups is 2. The van der Waals surface area contributed by atoms with Crippen molar-refractivity contribution >= 4 is 11.9 Å². The number of hydrogen-bond acceptors (Lipinski definition) is 6. The van der Waals surface area contributed by atoms with Gasteiger partial charge in [0.1, 0.15) is 18.2 Å². The Balaban J connectivity index is 2.98. The van der Waals surface area contributed by atoms with E-state index < -0.39 is 36.2 Å². The number of esters is 1. The van der Waals surface area contributed by atoms with Crippen LogP contribution < -0.4 is 0 Å². The van der Waals surface area contributed by atoms with Gasteiger partial charge in [0.15, 0.2) is 6.10 Å². The molecule has 7 nitrogen and oxygen atoms in total. The molecule has 104 valence electrons. The van der Waals surface area contributed by atoms with Gasteiger partial charge < -0.3 is 25.0 Å². The molecule has 1 saturated heterocycles. The van der Waals surface area contributed by atoms with Crippen LogP contribution in [0.15, 0.2) is 0 Å². The van der Waals surface area contributed by atoms with Crippen LogP contribution in [0.4, 0.5) is 0 Å². The minimum atomic E-state index is -1.72. The Hall–Kier alpha value is -1.18. The summed E-state index contributed by atoms with van der Waals surface area (Å²) >= 11 is 0. The molecule has 18 heavy (non-hydrogen) atoms. The number of piperidine rings is 1. The molecule has 0 bridgehead atoms. The minimum absolute atomic E-state index is 0.213. The Bertz CT molecular complexity index is 331. The molecule has 0 aromatic rings. The Morgan fingerprint density at radius 1 is 1.39 bits per heavy atom. The van der Waals surface area contributed by atoms with Gasteiger partial charge >= 0.3 is 5.97 Å². The second kappa shape index (κ2) is 5.64. The number of aliphatic hydroxyl groups excluding tert-OH is 3. The summed E-state index contributed by atoms with van der Waals surface area (Å²) in [7, 11) is 1.20. The van der Waals surface area contributed by atoms with Gasteiger partial charge in [-0.25, -0.2) is 4.79 Å². The van der Waals surface area contributed by atoms with Crippen LogP contribution in [0.2, 0.25) is 0 Å². The van der Waals surface area contributed by atoms with Gasteiger partial charge in [0.05, 0.1) is 13.7 Å². The standard InChI is InChI=1S/C11H19NO6/c1-5(2)7(11(17)18-3)12-4-6(13)8(14)9(15)10(12)16/h5-9,13-15H,4H2,1-3H3/t6-,7+,8-,9-/m1/s1. The van der Waals surface area contributed by atoms with Crippen LogP contribution in [0, 0.1) is 5.92 Å². The Morgan fingerprint density at radius 3 is 2.39 bits per heavy atom. The number of amides is 1. The SMILES string of the molecule is COC(=O)[C@H](C(C)C)N1C[C@@H](O)[C@@H](O)[C@@H](O)C1=O. The van der Waals surface area contributed by atoms with Crippen LogP contribution >= 0.6 is 0 Å². The largest absolute Gasteiger partial charge is 0.467 e. The van der Waals surface area contributed by atoms with Crippen LogP contribution in [0.3, 0.4) is 0 Å². The van der Waals surface area contributed by atoms with Crippen molar-refractivity contribution in [1.29, 1.82) is 0 Å². The lowest BCUT2D eigenvalue weighted by molar-refractivity contribution is -0.177. The van der Waals surface area contributed by atoms with Crippen molar-refractivity contribution in [2.24, 2.45) is 5.92 Å². The third kappa shape index (κ3) is 2.63. The van der Waals surface area contributed by atoms with E-state index in [4.69, 9.17) is 0 Å². The highest BCUT2D eigenvalue weighted by molar-refractivity contribution is 5.88. The van der Waals surface area contributed by atoms with Crippen molar-refractivity contribution in [3.8, 4) is 0 Å². The highest BCUT2D eigenvalue weighted by Gasteiger charge is 2.45. The molecule has 1 fully saturated rings. The van der Waals surface area contributed by atoms with Crippen LogP contribution in [0.25, 0.3) is 0 Å². The van der Waals surface area contributed by atoms with E-state index >= 15 is 0 Å². The summed E-state index contributed by atoms with van der Waals surface area (Å²) in [5, 5.41) is 28.5. The van der Waals surface area contributed by atoms with Crippen LogP contribution in [0.1, 0.15) is 13.8 Å².